The van der Waals surface area contributed by atoms with Crippen molar-refractivity contribution in [1.82, 2.24) is 9.88 Å². The van der Waals surface area contributed by atoms with Crippen molar-refractivity contribution in [1.29, 1.82) is 0 Å². The van der Waals surface area contributed by atoms with E-state index >= 15 is 0 Å². The van der Waals surface area contributed by atoms with Crippen LogP contribution in [0, 0.1) is 11.8 Å². The standard InChI is InChI=1S/C23H27N3O4/c1-29-20-7-6-19(13-21(20)30-15-16-8-10-24-11-9-16)25-22(27)18-3-2-12-26(14-18)23(28)17-4-5-17/h6-11,13,17-18H,2-5,12,14-15H2,1H3,(H,25,27). The summed E-state index contributed by atoms with van der Waals surface area (Å²) >= 11 is 0. The summed E-state index contributed by atoms with van der Waals surface area (Å²) in [6, 6.07) is 9.12. The average molecular weight is 409 g/mol. The van der Waals surface area contributed by atoms with E-state index in [0.29, 0.717) is 30.3 Å². The number of rotatable bonds is 7. The van der Waals surface area contributed by atoms with Crippen LogP contribution in [0.1, 0.15) is 31.2 Å². The first kappa shape index (κ1) is 20.2. The quantitative estimate of drug-likeness (QED) is 0.759. The third-order valence-corrected chi connectivity index (χ3v) is 5.61. The van der Waals surface area contributed by atoms with Crippen LogP contribution in [0.3, 0.4) is 0 Å². The molecular weight excluding hydrogens is 382 g/mol. The lowest BCUT2D eigenvalue weighted by Gasteiger charge is -2.32. The van der Waals surface area contributed by atoms with Gasteiger partial charge < -0.3 is 19.7 Å². The van der Waals surface area contributed by atoms with Crippen molar-refractivity contribution in [2.45, 2.75) is 32.3 Å². The fourth-order valence-corrected chi connectivity index (χ4v) is 3.73. The van der Waals surface area contributed by atoms with Crippen LogP contribution in [-0.4, -0.2) is 41.9 Å². The van der Waals surface area contributed by atoms with Gasteiger partial charge in [-0.3, -0.25) is 14.6 Å². The van der Waals surface area contributed by atoms with E-state index < -0.39 is 0 Å². The number of likely N-dealkylation sites (tertiary alicyclic amines) is 1. The Labute approximate surface area is 176 Å². The molecule has 0 bridgehead atoms. The van der Waals surface area contributed by atoms with Crippen molar-refractivity contribution in [3.05, 3.63) is 48.3 Å². The molecule has 1 saturated carbocycles. The number of carbonyl (C=O) groups excluding carboxylic acids is 2. The SMILES string of the molecule is COc1ccc(NC(=O)C2CCCN(C(=O)C3CC3)C2)cc1OCc1ccncc1. The van der Waals surface area contributed by atoms with Gasteiger partial charge in [-0.1, -0.05) is 0 Å². The summed E-state index contributed by atoms with van der Waals surface area (Å²) in [4.78, 5) is 31.1. The normalized spacial score (nSPS) is 18.6. The number of hydrogen-bond acceptors (Lipinski definition) is 5. The maximum absolute atomic E-state index is 12.8. The minimum Gasteiger partial charge on any atom is -0.493 e. The first-order chi connectivity index (χ1) is 14.6. The summed E-state index contributed by atoms with van der Waals surface area (Å²) in [6.07, 6.45) is 7.06. The molecule has 1 aliphatic carbocycles. The molecule has 1 saturated heterocycles. The van der Waals surface area contributed by atoms with Crippen LogP contribution < -0.4 is 14.8 Å². The number of benzene rings is 1. The van der Waals surface area contributed by atoms with E-state index in [2.05, 4.69) is 10.3 Å². The zero-order valence-electron chi connectivity index (χ0n) is 17.2. The van der Waals surface area contributed by atoms with Crippen LogP contribution in [-0.2, 0) is 16.2 Å². The lowest BCUT2D eigenvalue weighted by molar-refractivity contribution is -0.135. The Morgan fingerprint density at radius 2 is 1.90 bits per heavy atom. The van der Waals surface area contributed by atoms with Gasteiger partial charge in [-0.15, -0.1) is 0 Å². The largest absolute Gasteiger partial charge is 0.493 e. The Kier molecular flexibility index (Phi) is 6.16. The number of piperidine rings is 1. The highest BCUT2D eigenvalue weighted by Gasteiger charge is 2.36. The predicted octanol–water partition coefficient (Wildman–Crippen LogP) is 3.26. The first-order valence-electron chi connectivity index (χ1n) is 10.4. The van der Waals surface area contributed by atoms with Gasteiger partial charge in [-0.25, -0.2) is 0 Å². The number of carbonyl (C=O) groups is 2. The molecule has 2 aliphatic rings. The van der Waals surface area contributed by atoms with Crippen LogP contribution in [0.4, 0.5) is 5.69 Å². The van der Waals surface area contributed by atoms with E-state index in [1.54, 1.807) is 37.7 Å². The third-order valence-electron chi connectivity index (χ3n) is 5.61. The molecule has 2 aromatic rings. The van der Waals surface area contributed by atoms with Crippen LogP contribution in [0.15, 0.2) is 42.7 Å². The van der Waals surface area contributed by atoms with Gasteiger partial charge in [0.25, 0.3) is 0 Å². The van der Waals surface area contributed by atoms with E-state index in [4.69, 9.17) is 9.47 Å². The molecule has 1 aromatic heterocycles. The Morgan fingerprint density at radius 1 is 1.10 bits per heavy atom. The molecule has 0 radical (unpaired) electrons. The minimum absolute atomic E-state index is 0.0615. The predicted molar refractivity (Wildman–Crippen MR) is 112 cm³/mol. The Hall–Kier alpha value is -3.09. The maximum Gasteiger partial charge on any atom is 0.229 e. The van der Waals surface area contributed by atoms with Gasteiger partial charge in [-0.2, -0.15) is 0 Å². The maximum atomic E-state index is 12.8. The Morgan fingerprint density at radius 3 is 2.63 bits per heavy atom. The molecule has 2 heterocycles. The minimum atomic E-state index is -0.190. The number of aromatic nitrogens is 1. The molecule has 0 spiro atoms. The monoisotopic (exact) mass is 409 g/mol. The van der Waals surface area contributed by atoms with Crippen molar-refractivity contribution < 1.29 is 19.1 Å². The number of nitrogens with zero attached hydrogens (tertiary/aromatic N) is 2. The fraction of sp³-hybridized carbons (Fsp3) is 0.435. The van der Waals surface area contributed by atoms with Crippen molar-refractivity contribution in [2.75, 3.05) is 25.5 Å². The number of pyridine rings is 1. The molecule has 2 fully saturated rings. The van der Waals surface area contributed by atoms with Gasteiger partial charge in [0.1, 0.15) is 6.61 Å². The summed E-state index contributed by atoms with van der Waals surface area (Å²) in [6.45, 7) is 1.63. The number of ether oxygens (including phenoxy) is 2. The zero-order valence-corrected chi connectivity index (χ0v) is 17.2. The highest BCUT2D eigenvalue weighted by Crippen LogP contribution is 2.33. The van der Waals surface area contributed by atoms with Crippen LogP contribution >= 0.6 is 0 Å². The lowest BCUT2D eigenvalue weighted by atomic mass is 9.96. The molecule has 7 heteroatoms. The highest BCUT2D eigenvalue weighted by atomic mass is 16.5. The van der Waals surface area contributed by atoms with Crippen LogP contribution in [0.5, 0.6) is 11.5 Å². The molecule has 1 aliphatic heterocycles. The second-order valence-corrected chi connectivity index (χ2v) is 7.90. The molecule has 4 rings (SSSR count). The summed E-state index contributed by atoms with van der Waals surface area (Å²) in [5, 5.41) is 2.98. The van der Waals surface area contributed by atoms with E-state index in [-0.39, 0.29) is 23.7 Å². The highest BCUT2D eigenvalue weighted by molar-refractivity contribution is 5.93. The van der Waals surface area contributed by atoms with Crippen LogP contribution in [0.25, 0.3) is 0 Å². The molecule has 158 valence electrons. The topological polar surface area (TPSA) is 80.8 Å². The Bertz CT molecular complexity index is 899. The molecule has 1 N–H and O–H groups in total. The van der Waals surface area contributed by atoms with Crippen molar-refractivity contribution in [2.24, 2.45) is 11.8 Å². The van der Waals surface area contributed by atoms with E-state index in [9.17, 15) is 9.59 Å². The summed E-state index contributed by atoms with van der Waals surface area (Å²) < 4.78 is 11.3. The van der Waals surface area contributed by atoms with Gasteiger partial charge >= 0.3 is 0 Å². The first-order valence-corrected chi connectivity index (χ1v) is 10.4. The van der Waals surface area contributed by atoms with Crippen LogP contribution in [0.2, 0.25) is 0 Å². The lowest BCUT2D eigenvalue weighted by Crippen LogP contribution is -2.44. The smallest absolute Gasteiger partial charge is 0.229 e. The van der Waals surface area contributed by atoms with Gasteiger partial charge in [0.15, 0.2) is 11.5 Å². The number of nitrogens with one attached hydrogen (secondary N) is 1. The number of hydrogen-bond donors (Lipinski definition) is 1. The van der Waals surface area contributed by atoms with Gasteiger partial charge in [-0.05, 0) is 55.5 Å². The zero-order chi connectivity index (χ0) is 20.9. The molecule has 1 aromatic carbocycles. The molecular formula is C23H27N3O4. The second-order valence-electron chi connectivity index (χ2n) is 7.90. The summed E-state index contributed by atoms with van der Waals surface area (Å²) in [7, 11) is 1.58. The van der Waals surface area contributed by atoms with Gasteiger partial charge in [0.05, 0.1) is 13.0 Å². The van der Waals surface area contributed by atoms with Crippen molar-refractivity contribution in [3.8, 4) is 11.5 Å². The average Bonchev–Trinajstić information content (AvgIpc) is 3.63. The fourth-order valence-electron chi connectivity index (χ4n) is 3.73. The van der Waals surface area contributed by atoms with E-state index in [1.165, 1.54) is 0 Å². The van der Waals surface area contributed by atoms with E-state index in [1.807, 2.05) is 17.0 Å². The third kappa shape index (κ3) is 4.90. The molecule has 1 atom stereocenters. The van der Waals surface area contributed by atoms with Gasteiger partial charge in [0.2, 0.25) is 11.8 Å². The number of amides is 2. The van der Waals surface area contributed by atoms with E-state index in [0.717, 1.165) is 37.8 Å². The Balaban J connectivity index is 1.39. The summed E-state index contributed by atoms with van der Waals surface area (Å²) in [5.74, 6) is 1.30. The van der Waals surface area contributed by atoms with Crippen molar-refractivity contribution >= 4 is 17.5 Å². The second kappa shape index (κ2) is 9.15. The van der Waals surface area contributed by atoms with Crippen molar-refractivity contribution in [3.63, 3.8) is 0 Å². The summed E-state index contributed by atoms with van der Waals surface area (Å²) in [5.41, 5.74) is 1.64. The number of anilines is 1. The molecule has 1 unspecified atom stereocenters. The van der Waals surface area contributed by atoms with Gasteiger partial charge in [0, 0.05) is 43.2 Å². The molecule has 7 nitrogen and oxygen atoms in total. The molecule has 30 heavy (non-hydrogen) atoms. The number of methoxy groups -OCH3 is 1. The molecule has 2 amide bonds.